The molecule has 66 valence electrons. The lowest BCUT2D eigenvalue weighted by atomic mass is 9.75. The Morgan fingerprint density at radius 1 is 1.27 bits per heavy atom. The summed E-state index contributed by atoms with van der Waals surface area (Å²) in [5.74, 6) is 3.01. The van der Waals surface area contributed by atoms with Crippen molar-refractivity contribution < 1.29 is 0 Å². The molecular weight excluding hydrogens is 132 g/mol. The topological polar surface area (TPSA) is 0 Å². The molecule has 0 N–H and O–H groups in total. The molecular formula is C11H22. The summed E-state index contributed by atoms with van der Waals surface area (Å²) >= 11 is 0. The zero-order valence-corrected chi connectivity index (χ0v) is 8.27. The van der Waals surface area contributed by atoms with E-state index in [4.69, 9.17) is 0 Å². The van der Waals surface area contributed by atoms with Crippen LogP contribution < -0.4 is 0 Å². The molecule has 0 heterocycles. The molecule has 0 radical (unpaired) electrons. The van der Waals surface area contributed by atoms with E-state index in [1.807, 2.05) is 0 Å². The van der Waals surface area contributed by atoms with Crippen molar-refractivity contribution >= 4 is 0 Å². The summed E-state index contributed by atoms with van der Waals surface area (Å²) in [7, 11) is 0. The van der Waals surface area contributed by atoms with E-state index in [1.54, 1.807) is 0 Å². The molecule has 1 rings (SSSR count). The molecule has 0 nitrogen and oxygen atoms in total. The Bertz CT molecular complexity index is 105. The van der Waals surface area contributed by atoms with Crippen LogP contribution in [0, 0.1) is 17.8 Å². The Morgan fingerprint density at radius 2 is 2.00 bits per heavy atom. The van der Waals surface area contributed by atoms with Crippen molar-refractivity contribution in [3.8, 4) is 0 Å². The normalized spacial score (nSPS) is 32.7. The lowest BCUT2D eigenvalue weighted by Crippen LogP contribution is -2.19. The monoisotopic (exact) mass is 154 g/mol. The van der Waals surface area contributed by atoms with Crippen LogP contribution in [0.3, 0.4) is 0 Å². The minimum atomic E-state index is 0.921. The fourth-order valence-electron chi connectivity index (χ4n) is 2.31. The molecule has 1 aliphatic rings. The third-order valence-corrected chi connectivity index (χ3v) is 3.34. The average molecular weight is 154 g/mol. The van der Waals surface area contributed by atoms with Gasteiger partial charge in [0.2, 0.25) is 0 Å². The molecule has 1 aliphatic carbocycles. The molecule has 1 saturated carbocycles. The standard InChI is InChI=1S/C11H22/c1-4-10-6-5-7-11(8-10)9(2)3/h9-11H,4-8H2,1-3H3/t10-,11+/m0/s1. The highest BCUT2D eigenvalue weighted by molar-refractivity contribution is 4.74. The fourth-order valence-corrected chi connectivity index (χ4v) is 2.31. The van der Waals surface area contributed by atoms with Gasteiger partial charge in [-0.2, -0.15) is 0 Å². The first-order valence-corrected chi connectivity index (χ1v) is 5.24. The van der Waals surface area contributed by atoms with Gasteiger partial charge < -0.3 is 0 Å². The summed E-state index contributed by atoms with van der Waals surface area (Å²) < 4.78 is 0. The van der Waals surface area contributed by atoms with Crippen LogP contribution >= 0.6 is 0 Å². The van der Waals surface area contributed by atoms with Crippen molar-refractivity contribution in [3.63, 3.8) is 0 Å². The van der Waals surface area contributed by atoms with Crippen LogP contribution in [-0.4, -0.2) is 0 Å². The Morgan fingerprint density at radius 3 is 2.55 bits per heavy atom. The molecule has 0 aromatic carbocycles. The molecule has 0 aromatic heterocycles. The van der Waals surface area contributed by atoms with E-state index in [-0.39, 0.29) is 0 Å². The molecule has 0 bridgehead atoms. The van der Waals surface area contributed by atoms with Gasteiger partial charge in [0.25, 0.3) is 0 Å². The molecule has 0 amide bonds. The van der Waals surface area contributed by atoms with Gasteiger partial charge in [0.15, 0.2) is 0 Å². The van der Waals surface area contributed by atoms with E-state index in [2.05, 4.69) is 20.8 Å². The zero-order valence-electron chi connectivity index (χ0n) is 8.27. The van der Waals surface area contributed by atoms with E-state index in [0.29, 0.717) is 0 Å². The van der Waals surface area contributed by atoms with Gasteiger partial charge in [0.1, 0.15) is 0 Å². The highest BCUT2D eigenvalue weighted by atomic mass is 14.3. The molecule has 0 saturated heterocycles. The van der Waals surface area contributed by atoms with Gasteiger partial charge in [0, 0.05) is 0 Å². The van der Waals surface area contributed by atoms with Crippen molar-refractivity contribution in [2.24, 2.45) is 17.8 Å². The first-order valence-electron chi connectivity index (χ1n) is 5.24. The van der Waals surface area contributed by atoms with Gasteiger partial charge in [-0.15, -0.1) is 0 Å². The fraction of sp³-hybridized carbons (Fsp3) is 1.00. The highest BCUT2D eigenvalue weighted by Gasteiger charge is 2.22. The van der Waals surface area contributed by atoms with Crippen LogP contribution in [-0.2, 0) is 0 Å². The van der Waals surface area contributed by atoms with Crippen molar-refractivity contribution in [2.45, 2.75) is 52.9 Å². The van der Waals surface area contributed by atoms with Crippen LogP contribution in [0.25, 0.3) is 0 Å². The van der Waals surface area contributed by atoms with Crippen LogP contribution in [0.2, 0.25) is 0 Å². The Hall–Kier alpha value is 0. The first-order chi connectivity index (χ1) is 5.24. The van der Waals surface area contributed by atoms with Gasteiger partial charge in [-0.1, -0.05) is 46.5 Å². The van der Waals surface area contributed by atoms with Crippen molar-refractivity contribution in [1.29, 1.82) is 0 Å². The number of rotatable bonds is 2. The molecule has 11 heavy (non-hydrogen) atoms. The third kappa shape index (κ3) is 2.50. The lowest BCUT2D eigenvalue weighted by molar-refractivity contribution is 0.211. The summed E-state index contributed by atoms with van der Waals surface area (Å²) in [5.41, 5.74) is 0. The number of hydrogen-bond donors (Lipinski definition) is 0. The largest absolute Gasteiger partial charge is 0.0651 e. The molecule has 0 aromatic rings. The molecule has 0 heteroatoms. The average Bonchev–Trinajstić information content (AvgIpc) is 2.05. The first kappa shape index (κ1) is 9.09. The molecule has 0 spiro atoms. The maximum Gasteiger partial charge on any atom is -0.0388 e. The van der Waals surface area contributed by atoms with Gasteiger partial charge in [-0.3, -0.25) is 0 Å². The molecule has 0 unspecified atom stereocenters. The molecule has 1 fully saturated rings. The quantitative estimate of drug-likeness (QED) is 0.566. The minimum absolute atomic E-state index is 0.921. The van der Waals surface area contributed by atoms with Crippen LogP contribution in [0.4, 0.5) is 0 Å². The Kier molecular flexibility index (Phi) is 3.42. The van der Waals surface area contributed by atoms with Gasteiger partial charge in [-0.05, 0) is 24.2 Å². The van der Waals surface area contributed by atoms with E-state index >= 15 is 0 Å². The Balaban J connectivity index is 2.33. The van der Waals surface area contributed by atoms with Gasteiger partial charge >= 0.3 is 0 Å². The maximum atomic E-state index is 2.38. The lowest BCUT2D eigenvalue weighted by Gasteiger charge is -2.30. The van der Waals surface area contributed by atoms with Gasteiger partial charge in [-0.25, -0.2) is 0 Å². The van der Waals surface area contributed by atoms with E-state index in [1.165, 1.54) is 32.1 Å². The van der Waals surface area contributed by atoms with Crippen LogP contribution in [0.15, 0.2) is 0 Å². The highest BCUT2D eigenvalue weighted by Crippen LogP contribution is 2.34. The Labute approximate surface area is 71.4 Å². The van der Waals surface area contributed by atoms with Gasteiger partial charge in [0.05, 0.1) is 0 Å². The maximum absolute atomic E-state index is 2.38. The second-order valence-electron chi connectivity index (χ2n) is 4.44. The van der Waals surface area contributed by atoms with E-state index < -0.39 is 0 Å². The van der Waals surface area contributed by atoms with Crippen molar-refractivity contribution in [2.75, 3.05) is 0 Å². The molecule has 0 aliphatic heterocycles. The number of hydrogen-bond acceptors (Lipinski definition) is 0. The summed E-state index contributed by atoms with van der Waals surface area (Å²) in [6.07, 6.45) is 7.40. The van der Waals surface area contributed by atoms with Crippen molar-refractivity contribution in [3.05, 3.63) is 0 Å². The third-order valence-electron chi connectivity index (χ3n) is 3.34. The van der Waals surface area contributed by atoms with Crippen molar-refractivity contribution in [1.82, 2.24) is 0 Å². The second-order valence-corrected chi connectivity index (χ2v) is 4.44. The van der Waals surface area contributed by atoms with E-state index in [9.17, 15) is 0 Å². The summed E-state index contributed by atoms with van der Waals surface area (Å²) in [4.78, 5) is 0. The predicted molar refractivity (Wildman–Crippen MR) is 50.6 cm³/mol. The van der Waals surface area contributed by atoms with Crippen LogP contribution in [0.1, 0.15) is 52.9 Å². The van der Waals surface area contributed by atoms with E-state index in [0.717, 1.165) is 17.8 Å². The van der Waals surface area contributed by atoms with Crippen LogP contribution in [0.5, 0.6) is 0 Å². The summed E-state index contributed by atoms with van der Waals surface area (Å²) in [6, 6.07) is 0. The summed E-state index contributed by atoms with van der Waals surface area (Å²) in [5, 5.41) is 0. The smallest absolute Gasteiger partial charge is 0.0388 e. The molecule has 2 atom stereocenters. The second kappa shape index (κ2) is 4.13. The summed E-state index contributed by atoms with van der Waals surface area (Å²) in [6.45, 7) is 7.10. The SMILES string of the molecule is CC[C@H]1CCC[C@@H](C(C)C)C1. The predicted octanol–water partition coefficient (Wildman–Crippen LogP) is 3.86. The zero-order chi connectivity index (χ0) is 8.27. The minimum Gasteiger partial charge on any atom is -0.0651 e.